The summed E-state index contributed by atoms with van der Waals surface area (Å²) in [5, 5.41) is 9.65. The van der Waals surface area contributed by atoms with Gasteiger partial charge in [-0.15, -0.1) is 0 Å². The SMILES string of the molecule is CCNC(=O)Nc1ncnc2c1ncn2-c1ccc(NC(=O)Nc2ccc(Cl)c(C(F)(F)F)c2)cc1. The fourth-order valence-electron chi connectivity index (χ4n) is 3.25. The number of urea groups is 2. The van der Waals surface area contributed by atoms with Crippen molar-refractivity contribution in [1.29, 1.82) is 0 Å². The number of nitrogens with one attached hydrogen (secondary N) is 4. The molecular formula is C22H18ClF3N8O2. The summed E-state index contributed by atoms with van der Waals surface area (Å²) in [5.41, 5.74) is 0.747. The Balaban J connectivity index is 1.47. The number of fused-ring (bicyclic) bond motifs is 1. The van der Waals surface area contributed by atoms with E-state index in [1.165, 1.54) is 18.7 Å². The number of amides is 4. The number of benzene rings is 2. The first kappa shape index (κ1) is 24.7. The fraction of sp³-hybridized carbons (Fsp3) is 0.136. The van der Waals surface area contributed by atoms with Gasteiger partial charge in [-0.1, -0.05) is 11.6 Å². The molecule has 0 aliphatic carbocycles. The number of nitrogens with zero attached hydrogens (tertiary/aromatic N) is 4. The second-order valence-electron chi connectivity index (χ2n) is 7.31. The predicted molar refractivity (Wildman–Crippen MR) is 128 cm³/mol. The molecule has 2 aromatic carbocycles. The van der Waals surface area contributed by atoms with E-state index in [1.54, 1.807) is 35.8 Å². The molecule has 0 bridgehead atoms. The normalized spacial score (nSPS) is 11.2. The lowest BCUT2D eigenvalue weighted by Crippen LogP contribution is -2.28. The molecule has 0 saturated heterocycles. The topological polar surface area (TPSA) is 126 Å². The molecule has 0 spiro atoms. The van der Waals surface area contributed by atoms with Gasteiger partial charge in [-0.05, 0) is 49.4 Å². The van der Waals surface area contributed by atoms with Crippen molar-refractivity contribution in [2.24, 2.45) is 0 Å². The predicted octanol–water partition coefficient (Wildman–Crippen LogP) is 5.27. The molecule has 10 nitrogen and oxygen atoms in total. The molecule has 36 heavy (non-hydrogen) atoms. The molecule has 4 amide bonds. The maximum absolute atomic E-state index is 13.0. The van der Waals surface area contributed by atoms with E-state index >= 15 is 0 Å². The second kappa shape index (κ2) is 10.1. The monoisotopic (exact) mass is 518 g/mol. The lowest BCUT2D eigenvalue weighted by molar-refractivity contribution is -0.137. The summed E-state index contributed by atoms with van der Waals surface area (Å²) < 4.78 is 40.7. The van der Waals surface area contributed by atoms with Crippen LogP contribution in [0.2, 0.25) is 5.02 Å². The van der Waals surface area contributed by atoms with Gasteiger partial charge in [0.1, 0.15) is 12.7 Å². The Morgan fingerprint density at radius 3 is 2.33 bits per heavy atom. The molecular weight excluding hydrogens is 501 g/mol. The molecule has 4 N–H and O–H groups in total. The molecule has 0 aliphatic heterocycles. The van der Waals surface area contributed by atoms with Crippen LogP contribution in [0.5, 0.6) is 0 Å². The zero-order valence-corrected chi connectivity index (χ0v) is 19.3. The third-order valence-corrected chi connectivity index (χ3v) is 5.17. The maximum atomic E-state index is 13.0. The number of carbonyl (C=O) groups is 2. The van der Waals surface area contributed by atoms with Gasteiger partial charge in [0.05, 0.1) is 10.6 Å². The first-order valence-corrected chi connectivity index (χ1v) is 10.8. The van der Waals surface area contributed by atoms with Crippen molar-refractivity contribution in [3.8, 4) is 5.69 Å². The van der Waals surface area contributed by atoms with Gasteiger partial charge in [0.25, 0.3) is 0 Å². The molecule has 0 saturated carbocycles. The summed E-state index contributed by atoms with van der Waals surface area (Å²) in [6.45, 7) is 2.23. The summed E-state index contributed by atoms with van der Waals surface area (Å²) in [4.78, 5) is 36.7. The van der Waals surface area contributed by atoms with Gasteiger partial charge < -0.3 is 16.0 Å². The molecule has 0 radical (unpaired) electrons. The van der Waals surface area contributed by atoms with E-state index in [4.69, 9.17) is 11.6 Å². The Morgan fingerprint density at radius 1 is 0.944 bits per heavy atom. The number of anilines is 3. The van der Waals surface area contributed by atoms with Crippen molar-refractivity contribution in [2.45, 2.75) is 13.1 Å². The van der Waals surface area contributed by atoms with Gasteiger partial charge in [0.15, 0.2) is 17.0 Å². The number of aromatic nitrogens is 4. The summed E-state index contributed by atoms with van der Waals surface area (Å²) in [6.07, 6.45) is -1.85. The summed E-state index contributed by atoms with van der Waals surface area (Å²) in [6, 6.07) is 8.48. The third kappa shape index (κ3) is 5.46. The highest BCUT2D eigenvalue weighted by Gasteiger charge is 2.33. The smallest absolute Gasteiger partial charge is 0.338 e. The van der Waals surface area contributed by atoms with Gasteiger partial charge in [-0.2, -0.15) is 13.2 Å². The van der Waals surface area contributed by atoms with Crippen LogP contribution in [-0.2, 0) is 6.18 Å². The molecule has 186 valence electrons. The van der Waals surface area contributed by atoms with Crippen LogP contribution in [0.4, 0.5) is 40.0 Å². The zero-order chi connectivity index (χ0) is 25.9. The van der Waals surface area contributed by atoms with Crippen molar-refractivity contribution in [1.82, 2.24) is 24.8 Å². The van der Waals surface area contributed by atoms with Gasteiger partial charge >= 0.3 is 18.2 Å². The highest BCUT2D eigenvalue weighted by atomic mass is 35.5. The fourth-order valence-corrected chi connectivity index (χ4v) is 3.47. The van der Waals surface area contributed by atoms with Crippen LogP contribution >= 0.6 is 11.6 Å². The summed E-state index contributed by atoms with van der Waals surface area (Å²) >= 11 is 5.60. The minimum atomic E-state index is -4.65. The highest BCUT2D eigenvalue weighted by molar-refractivity contribution is 6.31. The minimum Gasteiger partial charge on any atom is -0.338 e. The summed E-state index contributed by atoms with van der Waals surface area (Å²) in [7, 11) is 0. The van der Waals surface area contributed by atoms with E-state index < -0.39 is 28.8 Å². The highest BCUT2D eigenvalue weighted by Crippen LogP contribution is 2.36. The largest absolute Gasteiger partial charge is 0.417 e. The van der Waals surface area contributed by atoms with Gasteiger partial charge in [0.2, 0.25) is 0 Å². The average molecular weight is 519 g/mol. The second-order valence-corrected chi connectivity index (χ2v) is 7.72. The minimum absolute atomic E-state index is 0.0672. The van der Waals surface area contributed by atoms with Crippen molar-refractivity contribution in [3.63, 3.8) is 0 Å². The van der Waals surface area contributed by atoms with E-state index in [0.29, 0.717) is 29.1 Å². The molecule has 14 heteroatoms. The molecule has 0 fully saturated rings. The Labute approximate surface area is 206 Å². The summed E-state index contributed by atoms with van der Waals surface area (Å²) in [5.74, 6) is 0.246. The first-order valence-electron chi connectivity index (χ1n) is 10.4. The molecule has 2 heterocycles. The number of alkyl halides is 3. The van der Waals surface area contributed by atoms with Crippen molar-refractivity contribution in [2.75, 3.05) is 22.5 Å². The van der Waals surface area contributed by atoms with Crippen LogP contribution in [-0.4, -0.2) is 38.1 Å². The zero-order valence-electron chi connectivity index (χ0n) is 18.5. The van der Waals surface area contributed by atoms with Crippen molar-refractivity contribution >= 4 is 52.0 Å². The van der Waals surface area contributed by atoms with Crippen LogP contribution in [0.3, 0.4) is 0 Å². The molecule has 0 aliphatic rings. The Hall–Kier alpha value is -4.39. The molecule has 4 rings (SSSR count). The molecule has 4 aromatic rings. The number of hydrogen-bond acceptors (Lipinski definition) is 5. The Bertz CT molecular complexity index is 1420. The lowest BCUT2D eigenvalue weighted by Gasteiger charge is -2.12. The Kier molecular flexibility index (Phi) is 6.92. The molecule has 2 aromatic heterocycles. The van der Waals surface area contributed by atoms with Gasteiger partial charge in [-0.25, -0.2) is 24.5 Å². The third-order valence-electron chi connectivity index (χ3n) is 4.84. The van der Waals surface area contributed by atoms with Crippen LogP contribution in [0.1, 0.15) is 12.5 Å². The molecule has 0 unspecified atom stereocenters. The number of carbonyl (C=O) groups excluding carboxylic acids is 2. The standard InChI is InChI=1S/C22H18ClF3N8O2/c1-2-27-20(35)33-18-17-19(29-10-28-18)34(11-30-17)14-6-3-12(4-7-14)31-21(36)32-13-5-8-16(23)15(9-13)22(24,25)26/h3-11H,2H2,1H3,(H2,31,32,36)(H2,27,28,29,33,35). The number of imidazole rings is 1. The quantitative estimate of drug-likeness (QED) is 0.286. The van der Waals surface area contributed by atoms with E-state index in [1.807, 2.05) is 0 Å². The van der Waals surface area contributed by atoms with Crippen LogP contribution in [0.15, 0.2) is 55.1 Å². The van der Waals surface area contributed by atoms with Crippen LogP contribution in [0, 0.1) is 0 Å². The van der Waals surface area contributed by atoms with E-state index in [9.17, 15) is 22.8 Å². The maximum Gasteiger partial charge on any atom is 0.417 e. The van der Waals surface area contributed by atoms with Crippen LogP contribution < -0.4 is 21.3 Å². The van der Waals surface area contributed by atoms with E-state index in [-0.39, 0.29) is 11.5 Å². The molecule has 0 atom stereocenters. The van der Waals surface area contributed by atoms with Crippen molar-refractivity contribution < 1.29 is 22.8 Å². The van der Waals surface area contributed by atoms with Crippen LogP contribution in [0.25, 0.3) is 16.9 Å². The van der Waals surface area contributed by atoms with E-state index in [0.717, 1.165) is 12.1 Å². The lowest BCUT2D eigenvalue weighted by atomic mass is 10.2. The first-order chi connectivity index (χ1) is 17.2. The average Bonchev–Trinajstić information content (AvgIpc) is 3.25. The van der Waals surface area contributed by atoms with Crippen molar-refractivity contribution in [3.05, 3.63) is 65.7 Å². The van der Waals surface area contributed by atoms with Gasteiger partial charge in [0, 0.05) is 23.6 Å². The number of rotatable bonds is 5. The number of hydrogen-bond donors (Lipinski definition) is 4. The van der Waals surface area contributed by atoms with Gasteiger partial charge in [-0.3, -0.25) is 9.88 Å². The van der Waals surface area contributed by atoms with E-state index in [2.05, 4.69) is 36.2 Å². The number of halogens is 4. The Morgan fingerprint density at radius 2 is 1.64 bits per heavy atom.